The molecule has 0 unspecified atom stereocenters. The molecule has 0 saturated carbocycles. The lowest BCUT2D eigenvalue weighted by Gasteiger charge is -2.52. The van der Waals surface area contributed by atoms with Crippen LogP contribution in [0.25, 0.3) is 32.7 Å². The van der Waals surface area contributed by atoms with Crippen molar-refractivity contribution in [2.45, 2.75) is 24.8 Å². The minimum absolute atomic E-state index is 0.111. The van der Waals surface area contributed by atoms with E-state index in [4.69, 9.17) is 4.74 Å². The SMILES string of the molecule is COc1ccc(C2=CC(c3ccc4ccccc4c3)=C[C@@]3([C@@H]2C(=O)c2ccc4ccccc4c2)N(C)c2ccccc2C3(C)C)cc1. The number of carbonyl (C=O) groups excluding carboxylic acids is 1. The number of hydrogen-bond acceptors (Lipinski definition) is 3. The molecule has 2 aliphatic rings. The first-order valence-electron chi connectivity index (χ1n) is 16.3. The highest BCUT2D eigenvalue weighted by molar-refractivity contribution is 6.11. The number of para-hydroxylation sites is 1. The highest BCUT2D eigenvalue weighted by Gasteiger charge is 2.62. The van der Waals surface area contributed by atoms with Gasteiger partial charge in [-0.2, -0.15) is 0 Å². The van der Waals surface area contributed by atoms with Crippen LogP contribution >= 0.6 is 0 Å². The molecule has 0 bridgehead atoms. The zero-order chi connectivity index (χ0) is 32.3. The molecule has 1 heterocycles. The molecule has 230 valence electrons. The molecule has 0 aromatic heterocycles. The van der Waals surface area contributed by atoms with Crippen LogP contribution in [-0.2, 0) is 5.41 Å². The number of hydrogen-bond donors (Lipinski definition) is 0. The highest BCUT2D eigenvalue weighted by atomic mass is 16.5. The third kappa shape index (κ3) is 4.37. The van der Waals surface area contributed by atoms with Gasteiger partial charge in [0.1, 0.15) is 5.75 Å². The number of anilines is 1. The van der Waals surface area contributed by atoms with E-state index in [2.05, 4.69) is 141 Å². The Labute approximate surface area is 276 Å². The van der Waals surface area contributed by atoms with Crippen LogP contribution in [0.4, 0.5) is 5.69 Å². The maximum Gasteiger partial charge on any atom is 0.173 e. The lowest BCUT2D eigenvalue weighted by molar-refractivity contribution is 0.0885. The topological polar surface area (TPSA) is 29.5 Å². The molecule has 1 aliphatic heterocycles. The monoisotopic (exact) mass is 611 g/mol. The molecule has 0 amide bonds. The Kier molecular flexibility index (Phi) is 6.70. The number of nitrogens with zero attached hydrogens (tertiary/aromatic N) is 1. The van der Waals surface area contributed by atoms with Gasteiger partial charge in [-0.05, 0) is 91.9 Å². The zero-order valence-corrected chi connectivity index (χ0v) is 27.2. The number of methoxy groups -OCH3 is 1. The minimum Gasteiger partial charge on any atom is -0.497 e. The number of rotatable bonds is 5. The molecule has 47 heavy (non-hydrogen) atoms. The molecule has 0 N–H and O–H groups in total. The van der Waals surface area contributed by atoms with Crippen LogP contribution in [0, 0.1) is 5.92 Å². The fourth-order valence-electron chi connectivity index (χ4n) is 8.23. The Morgan fingerprint density at radius 1 is 0.681 bits per heavy atom. The lowest BCUT2D eigenvalue weighted by Crippen LogP contribution is -2.61. The van der Waals surface area contributed by atoms with E-state index in [0.717, 1.165) is 50.0 Å². The molecular weight excluding hydrogens is 574 g/mol. The molecular formula is C44H37NO2. The molecule has 0 saturated heterocycles. The van der Waals surface area contributed by atoms with Gasteiger partial charge in [0.15, 0.2) is 5.78 Å². The Hall–Kier alpha value is -5.41. The fourth-order valence-corrected chi connectivity index (χ4v) is 8.23. The van der Waals surface area contributed by atoms with Crippen LogP contribution in [0.2, 0.25) is 0 Å². The minimum atomic E-state index is -0.718. The second kappa shape index (κ2) is 10.8. The number of carbonyl (C=O) groups is 1. The number of ketones is 1. The van der Waals surface area contributed by atoms with Crippen LogP contribution in [-0.4, -0.2) is 25.5 Å². The van der Waals surface area contributed by atoms with Crippen LogP contribution < -0.4 is 9.64 Å². The zero-order valence-electron chi connectivity index (χ0n) is 27.2. The number of Topliss-reactive ketones (excluding diaryl/α,β-unsaturated/α-hetero) is 1. The van der Waals surface area contributed by atoms with E-state index in [1.165, 1.54) is 16.3 Å². The molecule has 8 rings (SSSR count). The highest BCUT2D eigenvalue weighted by Crippen LogP contribution is 2.60. The van der Waals surface area contributed by atoms with Gasteiger partial charge in [0.25, 0.3) is 0 Å². The predicted octanol–water partition coefficient (Wildman–Crippen LogP) is 10.1. The Morgan fingerprint density at radius 3 is 1.96 bits per heavy atom. The van der Waals surface area contributed by atoms with Gasteiger partial charge in [-0.15, -0.1) is 0 Å². The summed E-state index contributed by atoms with van der Waals surface area (Å²) in [5.41, 5.74) is 6.22. The standard InChI is InChI=1S/C44H37NO2/c1-43(2)39-15-9-10-16-40(39)45(3)44(43)28-36(34-19-17-29-11-5-7-13-32(29)25-34)27-38(31-21-23-37(47-4)24-22-31)41(44)42(46)35-20-18-30-12-6-8-14-33(30)26-35/h5-28,41H,1-4H3/t41-,44-/m0/s1. The van der Waals surface area contributed by atoms with E-state index in [1.807, 2.05) is 30.3 Å². The maximum atomic E-state index is 15.4. The van der Waals surface area contributed by atoms with Crippen LogP contribution in [0.15, 0.2) is 146 Å². The van der Waals surface area contributed by atoms with Gasteiger partial charge in [-0.3, -0.25) is 4.79 Å². The molecule has 1 spiro atoms. The maximum absolute atomic E-state index is 15.4. The molecule has 6 aromatic carbocycles. The summed E-state index contributed by atoms with van der Waals surface area (Å²) in [7, 11) is 3.85. The van der Waals surface area contributed by atoms with E-state index >= 15 is 4.79 Å². The summed E-state index contributed by atoms with van der Waals surface area (Å²) in [5.74, 6) is 0.390. The first-order valence-corrected chi connectivity index (χ1v) is 16.3. The Balaban J connectivity index is 1.42. The van der Waals surface area contributed by atoms with Crippen molar-refractivity contribution < 1.29 is 9.53 Å². The largest absolute Gasteiger partial charge is 0.497 e. The summed E-state index contributed by atoms with van der Waals surface area (Å²) >= 11 is 0. The normalized spacial score (nSPS) is 19.8. The number of allylic oxidation sites excluding steroid dienone is 2. The summed E-state index contributed by atoms with van der Waals surface area (Å²) < 4.78 is 5.55. The van der Waals surface area contributed by atoms with Crippen molar-refractivity contribution in [1.82, 2.24) is 0 Å². The van der Waals surface area contributed by atoms with Crippen LogP contribution in [0.1, 0.15) is 40.9 Å². The van der Waals surface area contributed by atoms with Crippen molar-refractivity contribution in [3.05, 3.63) is 168 Å². The first kappa shape index (κ1) is 29.0. The molecule has 2 atom stereocenters. The van der Waals surface area contributed by atoms with Crippen molar-refractivity contribution in [2.75, 3.05) is 19.1 Å². The molecule has 0 radical (unpaired) electrons. The Morgan fingerprint density at radius 2 is 1.28 bits per heavy atom. The molecule has 1 aliphatic carbocycles. The van der Waals surface area contributed by atoms with Crippen LogP contribution in [0.5, 0.6) is 5.75 Å². The molecule has 3 nitrogen and oxygen atoms in total. The number of ether oxygens (including phenoxy) is 1. The second-order valence-electron chi connectivity index (χ2n) is 13.4. The van der Waals surface area contributed by atoms with Gasteiger partial charge < -0.3 is 9.64 Å². The van der Waals surface area contributed by atoms with Crippen molar-refractivity contribution >= 4 is 44.2 Å². The van der Waals surface area contributed by atoms with E-state index in [9.17, 15) is 0 Å². The van der Waals surface area contributed by atoms with Gasteiger partial charge in [0.2, 0.25) is 0 Å². The van der Waals surface area contributed by atoms with Crippen molar-refractivity contribution in [3.63, 3.8) is 0 Å². The third-order valence-corrected chi connectivity index (χ3v) is 10.7. The molecule has 3 heteroatoms. The van der Waals surface area contributed by atoms with Crippen molar-refractivity contribution in [3.8, 4) is 5.75 Å². The third-order valence-electron chi connectivity index (χ3n) is 10.7. The van der Waals surface area contributed by atoms with E-state index in [-0.39, 0.29) is 5.78 Å². The summed E-state index contributed by atoms with van der Waals surface area (Å²) in [6.45, 7) is 4.61. The van der Waals surface area contributed by atoms with Gasteiger partial charge >= 0.3 is 0 Å². The van der Waals surface area contributed by atoms with Crippen molar-refractivity contribution in [1.29, 1.82) is 0 Å². The van der Waals surface area contributed by atoms with E-state index in [0.29, 0.717) is 0 Å². The van der Waals surface area contributed by atoms with Gasteiger partial charge in [0, 0.05) is 23.7 Å². The number of likely N-dealkylation sites (N-methyl/N-ethyl adjacent to an activating group) is 1. The van der Waals surface area contributed by atoms with Gasteiger partial charge in [0.05, 0.1) is 18.6 Å². The predicted molar refractivity (Wildman–Crippen MR) is 195 cm³/mol. The number of benzene rings is 6. The average Bonchev–Trinajstić information content (AvgIpc) is 3.28. The van der Waals surface area contributed by atoms with Crippen LogP contribution in [0.3, 0.4) is 0 Å². The smallest absolute Gasteiger partial charge is 0.173 e. The molecule has 6 aromatic rings. The Bertz CT molecular complexity index is 2260. The fraction of sp³-hybridized carbons (Fsp3) is 0.159. The van der Waals surface area contributed by atoms with Gasteiger partial charge in [-0.25, -0.2) is 0 Å². The number of fused-ring (bicyclic) bond motifs is 3. The summed E-state index contributed by atoms with van der Waals surface area (Å²) in [4.78, 5) is 17.8. The summed E-state index contributed by atoms with van der Waals surface area (Å²) in [6.07, 6.45) is 4.65. The lowest BCUT2D eigenvalue weighted by atomic mass is 9.57. The summed E-state index contributed by atoms with van der Waals surface area (Å²) in [6, 6.07) is 46.4. The first-order chi connectivity index (χ1) is 22.8. The summed E-state index contributed by atoms with van der Waals surface area (Å²) in [5, 5.41) is 4.58. The van der Waals surface area contributed by atoms with Crippen molar-refractivity contribution in [2.24, 2.45) is 5.92 Å². The van der Waals surface area contributed by atoms with E-state index in [1.54, 1.807) is 7.11 Å². The molecule has 0 fully saturated rings. The van der Waals surface area contributed by atoms with E-state index < -0.39 is 16.9 Å². The second-order valence-corrected chi connectivity index (χ2v) is 13.4. The average molecular weight is 612 g/mol. The van der Waals surface area contributed by atoms with Gasteiger partial charge in [-0.1, -0.05) is 117 Å². The quantitative estimate of drug-likeness (QED) is 0.182.